The lowest BCUT2D eigenvalue weighted by atomic mass is 10.1. The van der Waals surface area contributed by atoms with Crippen LogP contribution < -0.4 is 15.5 Å². The van der Waals surface area contributed by atoms with Crippen molar-refractivity contribution < 1.29 is 19.1 Å². The second kappa shape index (κ2) is 9.45. The normalized spacial score (nSPS) is 12.3. The summed E-state index contributed by atoms with van der Waals surface area (Å²) in [6, 6.07) is 7.21. The van der Waals surface area contributed by atoms with Gasteiger partial charge in [0.15, 0.2) is 0 Å². The Balaban J connectivity index is 2.43. The van der Waals surface area contributed by atoms with Crippen molar-refractivity contribution in [3.8, 4) is 5.75 Å². The van der Waals surface area contributed by atoms with E-state index in [0.717, 1.165) is 11.4 Å². The van der Waals surface area contributed by atoms with Crippen molar-refractivity contribution in [2.24, 2.45) is 11.0 Å². The summed E-state index contributed by atoms with van der Waals surface area (Å²) in [6.07, 6.45) is 0. The van der Waals surface area contributed by atoms with Crippen molar-refractivity contribution in [2.45, 2.75) is 20.8 Å². The van der Waals surface area contributed by atoms with Gasteiger partial charge in [0.05, 0.1) is 26.2 Å². The van der Waals surface area contributed by atoms with Gasteiger partial charge in [-0.05, 0) is 45.0 Å². The summed E-state index contributed by atoms with van der Waals surface area (Å²) in [4.78, 5) is 23.3. The number of nitrogens with one attached hydrogen (secondary N) is 2. The van der Waals surface area contributed by atoms with Gasteiger partial charge >= 0.3 is 5.97 Å². The molecule has 126 valence electrons. The van der Waals surface area contributed by atoms with Gasteiger partial charge in [0.1, 0.15) is 5.75 Å². The number of carbonyl (C=O) groups is 2. The van der Waals surface area contributed by atoms with Crippen molar-refractivity contribution in [2.75, 3.05) is 25.6 Å². The fraction of sp³-hybridized carbons (Fsp3) is 0.438. The molecular weight excluding hydrogens is 298 g/mol. The highest BCUT2D eigenvalue weighted by molar-refractivity contribution is 6.00. The zero-order chi connectivity index (χ0) is 17.2. The summed E-state index contributed by atoms with van der Waals surface area (Å²) >= 11 is 0. The molecule has 0 aliphatic rings. The van der Waals surface area contributed by atoms with E-state index in [4.69, 9.17) is 9.47 Å². The predicted molar refractivity (Wildman–Crippen MR) is 88.5 cm³/mol. The van der Waals surface area contributed by atoms with Gasteiger partial charge in [0.25, 0.3) is 5.91 Å². The van der Waals surface area contributed by atoms with E-state index in [1.807, 2.05) is 12.1 Å². The molecule has 7 heteroatoms. The molecular formula is C16H23N3O4. The Labute approximate surface area is 136 Å². The van der Waals surface area contributed by atoms with E-state index in [1.165, 1.54) is 0 Å². The molecule has 1 aromatic rings. The second-order valence-corrected chi connectivity index (χ2v) is 4.84. The maximum absolute atomic E-state index is 11.7. The molecule has 0 bridgehead atoms. The summed E-state index contributed by atoms with van der Waals surface area (Å²) in [5.74, 6) is -0.423. The predicted octanol–water partition coefficient (Wildman–Crippen LogP) is 1.80. The smallest absolute Gasteiger partial charge is 0.314 e. The number of methoxy groups -OCH3 is 1. The first-order valence-electron chi connectivity index (χ1n) is 7.35. The van der Waals surface area contributed by atoms with Crippen LogP contribution in [0.1, 0.15) is 20.8 Å². The minimum atomic E-state index is -0.496. The number of hydrogen-bond donors (Lipinski definition) is 2. The minimum absolute atomic E-state index is 0.0664. The molecule has 7 nitrogen and oxygen atoms in total. The maximum atomic E-state index is 11.7. The third-order valence-electron chi connectivity index (χ3n) is 3.17. The van der Waals surface area contributed by atoms with Crippen LogP contribution in [-0.2, 0) is 14.3 Å². The van der Waals surface area contributed by atoms with E-state index in [0.29, 0.717) is 12.3 Å². The molecule has 23 heavy (non-hydrogen) atoms. The van der Waals surface area contributed by atoms with E-state index in [2.05, 4.69) is 15.8 Å². The van der Waals surface area contributed by atoms with Crippen molar-refractivity contribution in [3.63, 3.8) is 0 Å². The van der Waals surface area contributed by atoms with Crippen LogP contribution in [-0.4, -0.2) is 37.8 Å². The molecule has 0 aliphatic heterocycles. The maximum Gasteiger partial charge on any atom is 0.314 e. The molecule has 1 atom stereocenters. The van der Waals surface area contributed by atoms with Crippen LogP contribution in [0.2, 0.25) is 0 Å². The summed E-state index contributed by atoms with van der Waals surface area (Å²) < 4.78 is 9.96. The summed E-state index contributed by atoms with van der Waals surface area (Å²) in [7, 11) is 1.59. The molecule has 1 rings (SSSR count). The van der Waals surface area contributed by atoms with E-state index in [9.17, 15) is 9.59 Å². The molecule has 1 unspecified atom stereocenters. The number of hydrazone groups is 1. The fourth-order valence-electron chi connectivity index (χ4n) is 1.62. The molecule has 2 N–H and O–H groups in total. The SMILES string of the molecule is CCOC(=O)C(C)/C(C)=N/NC(=O)CNc1ccc(OC)cc1. The van der Waals surface area contributed by atoms with Crippen LogP contribution in [0.5, 0.6) is 5.75 Å². The monoisotopic (exact) mass is 321 g/mol. The van der Waals surface area contributed by atoms with Crippen LogP contribution in [0.3, 0.4) is 0 Å². The highest BCUT2D eigenvalue weighted by Gasteiger charge is 2.17. The third-order valence-corrected chi connectivity index (χ3v) is 3.17. The number of ether oxygens (including phenoxy) is 2. The van der Waals surface area contributed by atoms with Gasteiger partial charge in [-0.1, -0.05) is 0 Å². The first-order valence-corrected chi connectivity index (χ1v) is 7.35. The molecule has 1 amide bonds. The van der Waals surface area contributed by atoms with Crippen molar-refractivity contribution >= 4 is 23.3 Å². The van der Waals surface area contributed by atoms with Crippen LogP contribution in [0.15, 0.2) is 29.4 Å². The van der Waals surface area contributed by atoms with Crippen molar-refractivity contribution in [3.05, 3.63) is 24.3 Å². The molecule has 0 saturated heterocycles. The second-order valence-electron chi connectivity index (χ2n) is 4.84. The first kappa shape index (κ1) is 18.5. The number of esters is 1. The van der Waals surface area contributed by atoms with Gasteiger partial charge in [-0.15, -0.1) is 0 Å². The average molecular weight is 321 g/mol. The molecule has 0 saturated carbocycles. The largest absolute Gasteiger partial charge is 0.497 e. The molecule has 0 aromatic heterocycles. The third kappa shape index (κ3) is 6.37. The number of rotatable bonds is 8. The molecule has 0 fully saturated rings. The van der Waals surface area contributed by atoms with Gasteiger partial charge in [-0.25, -0.2) is 5.43 Å². The molecule has 0 radical (unpaired) electrons. The van der Waals surface area contributed by atoms with Crippen LogP contribution in [0.25, 0.3) is 0 Å². The summed E-state index contributed by atoms with van der Waals surface area (Å²) in [5.41, 5.74) is 3.69. The molecule has 0 aliphatic carbocycles. The summed E-state index contributed by atoms with van der Waals surface area (Å²) in [5, 5.41) is 6.89. The molecule has 0 heterocycles. The Morgan fingerprint density at radius 2 is 1.91 bits per heavy atom. The topological polar surface area (TPSA) is 89.0 Å². The minimum Gasteiger partial charge on any atom is -0.497 e. The van der Waals surface area contributed by atoms with E-state index < -0.39 is 5.92 Å². The lowest BCUT2D eigenvalue weighted by Gasteiger charge is -2.10. The highest BCUT2D eigenvalue weighted by atomic mass is 16.5. The number of nitrogens with zero attached hydrogens (tertiary/aromatic N) is 1. The fourth-order valence-corrected chi connectivity index (χ4v) is 1.62. The zero-order valence-electron chi connectivity index (χ0n) is 13.9. The number of anilines is 1. The Bertz CT molecular complexity index is 555. The van der Waals surface area contributed by atoms with Crippen molar-refractivity contribution in [1.82, 2.24) is 5.43 Å². The molecule has 1 aromatic carbocycles. The van der Waals surface area contributed by atoms with Crippen LogP contribution >= 0.6 is 0 Å². The molecule has 0 spiro atoms. The quantitative estimate of drug-likeness (QED) is 0.433. The Hall–Kier alpha value is -2.57. The lowest BCUT2D eigenvalue weighted by Crippen LogP contribution is -2.29. The van der Waals surface area contributed by atoms with E-state index in [1.54, 1.807) is 40.0 Å². The van der Waals surface area contributed by atoms with E-state index in [-0.39, 0.29) is 18.4 Å². The average Bonchev–Trinajstić information content (AvgIpc) is 2.57. The van der Waals surface area contributed by atoms with E-state index >= 15 is 0 Å². The van der Waals surface area contributed by atoms with Gasteiger partial charge in [0.2, 0.25) is 0 Å². The standard InChI is InChI=1S/C16H23N3O4/c1-5-23-16(21)11(2)12(3)18-19-15(20)10-17-13-6-8-14(22-4)9-7-13/h6-9,11,17H,5,10H2,1-4H3,(H,19,20)/b18-12+. The first-order chi connectivity index (χ1) is 11.0. The summed E-state index contributed by atoms with van der Waals surface area (Å²) in [6.45, 7) is 5.46. The highest BCUT2D eigenvalue weighted by Crippen LogP contribution is 2.14. The Kier molecular flexibility index (Phi) is 7.59. The number of carbonyl (C=O) groups excluding carboxylic acids is 2. The van der Waals surface area contributed by atoms with Gasteiger partial charge in [-0.3, -0.25) is 9.59 Å². The van der Waals surface area contributed by atoms with Crippen molar-refractivity contribution in [1.29, 1.82) is 0 Å². The zero-order valence-corrected chi connectivity index (χ0v) is 13.9. The van der Waals surface area contributed by atoms with Gasteiger partial charge < -0.3 is 14.8 Å². The number of amides is 1. The van der Waals surface area contributed by atoms with Crippen LogP contribution in [0.4, 0.5) is 5.69 Å². The Morgan fingerprint density at radius 3 is 2.48 bits per heavy atom. The lowest BCUT2D eigenvalue weighted by molar-refractivity contribution is -0.145. The van der Waals surface area contributed by atoms with Gasteiger partial charge in [0, 0.05) is 11.4 Å². The number of benzene rings is 1. The van der Waals surface area contributed by atoms with Gasteiger partial charge in [-0.2, -0.15) is 5.10 Å². The number of hydrogen-bond acceptors (Lipinski definition) is 6. The Morgan fingerprint density at radius 1 is 1.26 bits per heavy atom. The van der Waals surface area contributed by atoms with Crippen LogP contribution in [0, 0.1) is 5.92 Å².